The summed E-state index contributed by atoms with van der Waals surface area (Å²) >= 11 is 1.67. The Balaban J connectivity index is 2.02. The van der Waals surface area contributed by atoms with Gasteiger partial charge >= 0.3 is 5.97 Å². The van der Waals surface area contributed by atoms with Gasteiger partial charge in [0, 0.05) is 23.8 Å². The lowest BCUT2D eigenvalue weighted by Gasteiger charge is -2.07. The lowest BCUT2D eigenvalue weighted by molar-refractivity contribution is -0.137. The molecule has 1 saturated heterocycles. The second-order valence-electron chi connectivity index (χ2n) is 4.86. The highest BCUT2D eigenvalue weighted by Crippen LogP contribution is 2.31. The topological polar surface area (TPSA) is 53.4 Å². The van der Waals surface area contributed by atoms with Crippen LogP contribution in [0.1, 0.15) is 42.3 Å². The number of carboxylic acid groups (broad SMARTS) is 1. The summed E-state index contributed by atoms with van der Waals surface area (Å²) in [6.07, 6.45) is 1.32. The maximum atomic E-state index is 10.7. The number of nitrogens with zero attached hydrogens (tertiary/aromatic N) is 2. The van der Waals surface area contributed by atoms with E-state index in [4.69, 9.17) is 5.11 Å². The molecule has 94 valence electrons. The molecule has 0 amide bonds. The standard InChI is InChI=1S/C12H18N2O2S/c1-8(5-11(15)16)10-7-17-12(13-10)9-3-4-14(2)6-9/h7-9H,3-6H2,1-2H3,(H,15,16). The molecule has 1 aliphatic heterocycles. The average molecular weight is 254 g/mol. The van der Waals surface area contributed by atoms with Gasteiger partial charge in [0.2, 0.25) is 0 Å². The van der Waals surface area contributed by atoms with Crippen molar-refractivity contribution in [1.29, 1.82) is 0 Å². The van der Waals surface area contributed by atoms with Crippen LogP contribution in [-0.2, 0) is 4.79 Å². The number of carboxylic acids is 1. The van der Waals surface area contributed by atoms with Crippen molar-refractivity contribution in [1.82, 2.24) is 9.88 Å². The molecule has 0 aromatic carbocycles. The zero-order chi connectivity index (χ0) is 12.4. The molecule has 2 atom stereocenters. The van der Waals surface area contributed by atoms with Gasteiger partial charge in [0.25, 0.3) is 0 Å². The highest BCUT2D eigenvalue weighted by Gasteiger charge is 2.24. The van der Waals surface area contributed by atoms with Gasteiger partial charge in [0.1, 0.15) is 0 Å². The Morgan fingerprint density at radius 3 is 3.12 bits per heavy atom. The SMILES string of the molecule is CC(CC(=O)O)c1csc(C2CCN(C)C2)n1. The number of aromatic nitrogens is 1. The molecule has 2 unspecified atom stereocenters. The van der Waals surface area contributed by atoms with Crippen molar-refractivity contribution in [3.05, 3.63) is 16.1 Å². The van der Waals surface area contributed by atoms with E-state index in [1.54, 1.807) is 11.3 Å². The first-order chi connectivity index (χ1) is 8.06. The van der Waals surface area contributed by atoms with Gasteiger partial charge in [-0.3, -0.25) is 4.79 Å². The first kappa shape index (κ1) is 12.5. The lowest BCUT2D eigenvalue weighted by Crippen LogP contribution is -2.13. The van der Waals surface area contributed by atoms with E-state index in [-0.39, 0.29) is 12.3 Å². The highest BCUT2D eigenvalue weighted by molar-refractivity contribution is 7.09. The van der Waals surface area contributed by atoms with E-state index in [1.807, 2.05) is 12.3 Å². The van der Waals surface area contributed by atoms with E-state index in [2.05, 4.69) is 16.9 Å². The summed E-state index contributed by atoms with van der Waals surface area (Å²) in [6, 6.07) is 0. The molecule has 1 aliphatic rings. The maximum absolute atomic E-state index is 10.7. The molecule has 2 heterocycles. The fourth-order valence-corrected chi connectivity index (χ4v) is 3.29. The number of rotatable bonds is 4. The third-order valence-corrected chi connectivity index (χ3v) is 4.29. The van der Waals surface area contributed by atoms with E-state index in [9.17, 15) is 4.79 Å². The van der Waals surface area contributed by atoms with Gasteiger partial charge in [-0.25, -0.2) is 4.98 Å². The van der Waals surface area contributed by atoms with Gasteiger partial charge < -0.3 is 10.0 Å². The first-order valence-electron chi connectivity index (χ1n) is 5.92. The summed E-state index contributed by atoms with van der Waals surface area (Å²) in [5.41, 5.74) is 0.932. The number of hydrogen-bond donors (Lipinski definition) is 1. The van der Waals surface area contributed by atoms with Crippen LogP contribution < -0.4 is 0 Å². The summed E-state index contributed by atoms with van der Waals surface area (Å²) in [5.74, 6) is -0.208. The third kappa shape index (κ3) is 3.04. The predicted molar refractivity (Wildman–Crippen MR) is 67.6 cm³/mol. The van der Waals surface area contributed by atoms with Crippen molar-refractivity contribution in [2.45, 2.75) is 31.6 Å². The van der Waals surface area contributed by atoms with Crippen LogP contribution in [0.25, 0.3) is 0 Å². The number of thiazole rings is 1. The van der Waals surface area contributed by atoms with E-state index in [0.717, 1.165) is 25.2 Å². The van der Waals surface area contributed by atoms with Gasteiger partial charge in [0.05, 0.1) is 17.1 Å². The van der Waals surface area contributed by atoms with Crippen LogP contribution >= 0.6 is 11.3 Å². The Morgan fingerprint density at radius 1 is 1.76 bits per heavy atom. The monoisotopic (exact) mass is 254 g/mol. The van der Waals surface area contributed by atoms with Gasteiger partial charge in [-0.1, -0.05) is 6.92 Å². The Morgan fingerprint density at radius 2 is 2.53 bits per heavy atom. The molecule has 4 nitrogen and oxygen atoms in total. The molecule has 0 spiro atoms. The number of likely N-dealkylation sites (N-methyl/N-ethyl adjacent to an activating group) is 1. The molecule has 0 aliphatic carbocycles. The highest BCUT2D eigenvalue weighted by atomic mass is 32.1. The molecule has 1 aromatic rings. The molecule has 2 rings (SSSR count). The van der Waals surface area contributed by atoms with Crippen LogP contribution in [-0.4, -0.2) is 41.1 Å². The minimum atomic E-state index is -0.757. The third-order valence-electron chi connectivity index (χ3n) is 3.27. The summed E-state index contributed by atoms with van der Waals surface area (Å²) < 4.78 is 0. The molecular weight excluding hydrogens is 236 g/mol. The lowest BCUT2D eigenvalue weighted by atomic mass is 10.1. The van der Waals surface area contributed by atoms with Crippen LogP contribution in [0.3, 0.4) is 0 Å². The first-order valence-corrected chi connectivity index (χ1v) is 6.80. The van der Waals surface area contributed by atoms with Crippen LogP contribution in [0.5, 0.6) is 0 Å². The summed E-state index contributed by atoms with van der Waals surface area (Å²) in [5, 5.41) is 12.0. The minimum absolute atomic E-state index is 0.0108. The van der Waals surface area contributed by atoms with Crippen molar-refractivity contribution in [3.8, 4) is 0 Å². The maximum Gasteiger partial charge on any atom is 0.304 e. The molecule has 17 heavy (non-hydrogen) atoms. The molecule has 0 saturated carbocycles. The van der Waals surface area contributed by atoms with Gasteiger partial charge in [-0.15, -0.1) is 11.3 Å². The molecule has 0 bridgehead atoms. The van der Waals surface area contributed by atoms with Crippen LogP contribution in [0, 0.1) is 0 Å². The summed E-state index contributed by atoms with van der Waals surface area (Å²) in [6.45, 7) is 4.12. The van der Waals surface area contributed by atoms with Crippen LogP contribution in [0.15, 0.2) is 5.38 Å². The zero-order valence-corrected chi connectivity index (χ0v) is 11.0. The molecular formula is C12H18N2O2S. The van der Waals surface area contributed by atoms with Gasteiger partial charge in [-0.2, -0.15) is 0 Å². The summed E-state index contributed by atoms with van der Waals surface area (Å²) in [4.78, 5) is 17.6. The average Bonchev–Trinajstić information content (AvgIpc) is 2.84. The molecule has 0 radical (unpaired) electrons. The predicted octanol–water partition coefficient (Wildman–Crippen LogP) is 2.14. The Bertz CT molecular complexity index is 405. The van der Waals surface area contributed by atoms with Crippen molar-refractivity contribution < 1.29 is 9.90 Å². The largest absolute Gasteiger partial charge is 0.481 e. The van der Waals surface area contributed by atoms with Crippen LogP contribution in [0.4, 0.5) is 0 Å². The molecule has 5 heteroatoms. The van der Waals surface area contributed by atoms with Gasteiger partial charge in [0.15, 0.2) is 0 Å². The van der Waals surface area contributed by atoms with E-state index >= 15 is 0 Å². The summed E-state index contributed by atoms with van der Waals surface area (Å²) in [7, 11) is 2.13. The van der Waals surface area contributed by atoms with E-state index < -0.39 is 5.97 Å². The number of hydrogen-bond acceptors (Lipinski definition) is 4. The van der Waals surface area contributed by atoms with E-state index in [0.29, 0.717) is 5.92 Å². The Kier molecular flexibility index (Phi) is 3.79. The fraction of sp³-hybridized carbons (Fsp3) is 0.667. The second-order valence-corrected chi connectivity index (χ2v) is 5.75. The Labute approximate surface area is 105 Å². The minimum Gasteiger partial charge on any atom is -0.481 e. The second kappa shape index (κ2) is 5.14. The molecule has 1 aromatic heterocycles. The zero-order valence-electron chi connectivity index (χ0n) is 10.2. The normalized spacial score (nSPS) is 22.8. The number of aliphatic carboxylic acids is 1. The number of carbonyl (C=O) groups is 1. The molecule has 1 N–H and O–H groups in total. The van der Waals surface area contributed by atoms with Crippen molar-refractivity contribution in [3.63, 3.8) is 0 Å². The smallest absolute Gasteiger partial charge is 0.304 e. The van der Waals surface area contributed by atoms with Crippen molar-refractivity contribution >= 4 is 17.3 Å². The number of likely N-dealkylation sites (tertiary alicyclic amines) is 1. The fourth-order valence-electron chi connectivity index (χ4n) is 2.22. The molecule has 1 fully saturated rings. The van der Waals surface area contributed by atoms with Crippen LogP contribution in [0.2, 0.25) is 0 Å². The quantitative estimate of drug-likeness (QED) is 0.894. The van der Waals surface area contributed by atoms with Crippen molar-refractivity contribution in [2.75, 3.05) is 20.1 Å². The van der Waals surface area contributed by atoms with Gasteiger partial charge in [-0.05, 0) is 20.0 Å². The van der Waals surface area contributed by atoms with E-state index in [1.165, 1.54) is 5.01 Å². The Hall–Kier alpha value is -0.940. The van der Waals surface area contributed by atoms with Crippen molar-refractivity contribution in [2.24, 2.45) is 0 Å².